The molecule has 0 aromatic heterocycles. The first-order chi connectivity index (χ1) is 8.79. The van der Waals surface area contributed by atoms with Gasteiger partial charge in [-0.2, -0.15) is 11.8 Å². The normalized spacial score (nSPS) is 16.7. The highest BCUT2D eigenvalue weighted by Crippen LogP contribution is 2.23. The fraction of sp³-hybridized carbons (Fsp3) is 0.500. The molecule has 0 radical (unpaired) electrons. The molecule has 1 aromatic carbocycles. The lowest BCUT2D eigenvalue weighted by Gasteiger charge is -2.21. The van der Waals surface area contributed by atoms with Gasteiger partial charge in [-0.15, -0.1) is 11.8 Å². The summed E-state index contributed by atoms with van der Waals surface area (Å²) in [5.41, 5.74) is 0.826. The van der Waals surface area contributed by atoms with Crippen LogP contribution in [0.3, 0.4) is 0 Å². The number of rotatable bonds is 5. The van der Waals surface area contributed by atoms with Gasteiger partial charge in [-0.05, 0) is 31.2 Å². The van der Waals surface area contributed by atoms with E-state index in [-0.39, 0.29) is 5.78 Å². The molecule has 0 saturated carbocycles. The third kappa shape index (κ3) is 4.04. The molecule has 1 heterocycles. The van der Waals surface area contributed by atoms with Crippen LogP contribution in [-0.2, 0) is 4.74 Å². The summed E-state index contributed by atoms with van der Waals surface area (Å²) in [5, 5.41) is 0.591. The van der Waals surface area contributed by atoms with E-state index in [9.17, 15) is 4.79 Å². The Morgan fingerprint density at radius 3 is 2.56 bits per heavy atom. The third-order valence-corrected chi connectivity index (χ3v) is 5.15. The molecule has 0 spiro atoms. The number of Topliss-reactive ketones (excluding diaryl/α,β-unsaturated/α-hetero) is 1. The molecule has 1 aliphatic rings. The zero-order valence-corrected chi connectivity index (χ0v) is 12.2. The lowest BCUT2D eigenvalue weighted by atomic mass is 10.1. The Kier molecular flexibility index (Phi) is 5.60. The summed E-state index contributed by atoms with van der Waals surface area (Å²) in [6, 6.07) is 7.88. The molecule has 0 amide bonds. The van der Waals surface area contributed by atoms with Gasteiger partial charge in [-0.3, -0.25) is 4.79 Å². The molecule has 2 nitrogen and oxygen atoms in total. The van der Waals surface area contributed by atoms with Gasteiger partial charge in [-0.1, -0.05) is 12.1 Å². The van der Waals surface area contributed by atoms with Crippen molar-refractivity contribution in [1.82, 2.24) is 0 Å². The SMILES string of the molecule is CSc1ccc(C(=O)CSC2CCOCC2)cc1. The average Bonchev–Trinajstić information content (AvgIpc) is 2.46. The summed E-state index contributed by atoms with van der Waals surface area (Å²) < 4.78 is 5.32. The van der Waals surface area contributed by atoms with E-state index in [0.29, 0.717) is 11.0 Å². The summed E-state index contributed by atoms with van der Waals surface area (Å²) >= 11 is 3.47. The summed E-state index contributed by atoms with van der Waals surface area (Å²) in [4.78, 5) is 13.2. The summed E-state index contributed by atoms with van der Waals surface area (Å²) in [7, 11) is 0. The van der Waals surface area contributed by atoms with E-state index < -0.39 is 0 Å². The molecule has 1 saturated heterocycles. The van der Waals surface area contributed by atoms with Gasteiger partial charge in [0.25, 0.3) is 0 Å². The number of thioether (sulfide) groups is 2. The molecule has 18 heavy (non-hydrogen) atoms. The lowest BCUT2D eigenvalue weighted by Crippen LogP contribution is -2.19. The molecule has 1 fully saturated rings. The van der Waals surface area contributed by atoms with Gasteiger partial charge < -0.3 is 4.74 Å². The van der Waals surface area contributed by atoms with E-state index in [1.807, 2.05) is 30.5 Å². The monoisotopic (exact) mass is 282 g/mol. The maximum atomic E-state index is 12.0. The molecule has 0 bridgehead atoms. The Balaban J connectivity index is 1.82. The van der Waals surface area contributed by atoms with Crippen molar-refractivity contribution in [2.45, 2.75) is 23.0 Å². The quantitative estimate of drug-likeness (QED) is 0.610. The molecule has 1 aliphatic heterocycles. The smallest absolute Gasteiger partial charge is 0.172 e. The second-order valence-electron chi connectivity index (χ2n) is 4.27. The van der Waals surface area contributed by atoms with Crippen molar-refractivity contribution in [3.05, 3.63) is 29.8 Å². The first-order valence-corrected chi connectivity index (χ1v) is 8.43. The van der Waals surface area contributed by atoms with E-state index in [2.05, 4.69) is 0 Å². The fourth-order valence-electron chi connectivity index (χ4n) is 1.90. The van der Waals surface area contributed by atoms with Crippen LogP contribution in [0.15, 0.2) is 29.2 Å². The summed E-state index contributed by atoms with van der Waals surface area (Å²) in [6.07, 6.45) is 4.19. The molecular weight excluding hydrogens is 264 g/mol. The Hall–Kier alpha value is -0.450. The predicted molar refractivity (Wildman–Crippen MR) is 78.9 cm³/mol. The van der Waals surface area contributed by atoms with Crippen molar-refractivity contribution in [3.63, 3.8) is 0 Å². The molecule has 4 heteroatoms. The Morgan fingerprint density at radius 2 is 1.94 bits per heavy atom. The van der Waals surface area contributed by atoms with Crippen LogP contribution in [0, 0.1) is 0 Å². The summed E-state index contributed by atoms with van der Waals surface area (Å²) in [5.74, 6) is 0.822. The van der Waals surface area contributed by atoms with Gasteiger partial charge in [0.15, 0.2) is 5.78 Å². The largest absolute Gasteiger partial charge is 0.381 e. The van der Waals surface area contributed by atoms with Crippen LogP contribution >= 0.6 is 23.5 Å². The van der Waals surface area contributed by atoms with E-state index in [4.69, 9.17) is 4.74 Å². The third-order valence-electron chi connectivity index (χ3n) is 3.03. The predicted octanol–water partition coefficient (Wildman–Crippen LogP) is 3.50. The number of carbonyl (C=O) groups is 1. The van der Waals surface area contributed by atoms with Crippen molar-refractivity contribution in [2.75, 3.05) is 25.2 Å². The van der Waals surface area contributed by atoms with Gasteiger partial charge in [0, 0.05) is 28.9 Å². The molecular formula is C14H18O2S2. The van der Waals surface area contributed by atoms with Crippen molar-refractivity contribution in [3.8, 4) is 0 Å². The van der Waals surface area contributed by atoms with Crippen molar-refractivity contribution in [2.24, 2.45) is 0 Å². The van der Waals surface area contributed by atoms with Crippen LogP contribution in [-0.4, -0.2) is 36.3 Å². The Morgan fingerprint density at radius 1 is 1.28 bits per heavy atom. The zero-order chi connectivity index (χ0) is 12.8. The van der Waals surface area contributed by atoms with Crippen molar-refractivity contribution in [1.29, 1.82) is 0 Å². The van der Waals surface area contributed by atoms with Gasteiger partial charge in [0.1, 0.15) is 0 Å². The van der Waals surface area contributed by atoms with Gasteiger partial charge in [0.05, 0.1) is 5.75 Å². The van der Waals surface area contributed by atoms with Gasteiger partial charge >= 0.3 is 0 Å². The highest BCUT2D eigenvalue weighted by Gasteiger charge is 2.16. The molecule has 0 atom stereocenters. The molecule has 0 unspecified atom stereocenters. The maximum Gasteiger partial charge on any atom is 0.172 e. The molecule has 0 N–H and O–H groups in total. The molecule has 1 aromatic rings. The van der Waals surface area contributed by atoms with E-state index in [1.54, 1.807) is 23.5 Å². The topological polar surface area (TPSA) is 26.3 Å². The van der Waals surface area contributed by atoms with Crippen LogP contribution < -0.4 is 0 Å². The Labute approximate surface area is 117 Å². The van der Waals surface area contributed by atoms with E-state index in [0.717, 1.165) is 31.6 Å². The van der Waals surface area contributed by atoms with Crippen LogP contribution in [0.4, 0.5) is 0 Å². The van der Waals surface area contributed by atoms with Crippen molar-refractivity contribution < 1.29 is 9.53 Å². The van der Waals surface area contributed by atoms with Crippen LogP contribution in [0.2, 0.25) is 0 Å². The number of hydrogen-bond donors (Lipinski definition) is 0. The number of benzene rings is 1. The van der Waals surface area contributed by atoms with Crippen LogP contribution in [0.5, 0.6) is 0 Å². The average molecular weight is 282 g/mol. The minimum absolute atomic E-state index is 0.235. The summed E-state index contributed by atoms with van der Waals surface area (Å²) in [6.45, 7) is 1.68. The molecule has 98 valence electrons. The highest BCUT2D eigenvalue weighted by atomic mass is 32.2. The standard InChI is InChI=1S/C14H18O2S2/c1-17-12-4-2-11(3-5-12)14(15)10-18-13-6-8-16-9-7-13/h2-5,13H,6-10H2,1H3. The molecule has 0 aliphatic carbocycles. The van der Waals surface area contributed by atoms with E-state index >= 15 is 0 Å². The van der Waals surface area contributed by atoms with Gasteiger partial charge in [0.2, 0.25) is 0 Å². The van der Waals surface area contributed by atoms with Crippen molar-refractivity contribution >= 4 is 29.3 Å². The first kappa shape index (κ1) is 14.0. The second-order valence-corrected chi connectivity index (χ2v) is 6.44. The van der Waals surface area contributed by atoms with Gasteiger partial charge in [-0.25, -0.2) is 0 Å². The Bertz CT molecular complexity index is 383. The molecule has 2 rings (SSSR count). The maximum absolute atomic E-state index is 12.0. The first-order valence-electron chi connectivity index (χ1n) is 6.16. The number of ketones is 1. The van der Waals surface area contributed by atoms with Crippen LogP contribution in [0.25, 0.3) is 0 Å². The minimum atomic E-state index is 0.235. The lowest BCUT2D eigenvalue weighted by molar-refractivity contribution is 0.0988. The fourth-order valence-corrected chi connectivity index (χ4v) is 3.38. The van der Waals surface area contributed by atoms with E-state index in [1.165, 1.54) is 4.90 Å². The highest BCUT2D eigenvalue weighted by molar-refractivity contribution is 8.00. The second kappa shape index (κ2) is 7.22. The van der Waals surface area contributed by atoms with Crippen LogP contribution in [0.1, 0.15) is 23.2 Å². The number of hydrogen-bond acceptors (Lipinski definition) is 4. The minimum Gasteiger partial charge on any atom is -0.381 e. The zero-order valence-electron chi connectivity index (χ0n) is 10.6. The number of carbonyl (C=O) groups excluding carboxylic acids is 1. The number of ether oxygens (including phenoxy) is 1.